The third-order valence-electron chi connectivity index (χ3n) is 2.53. The molecule has 1 aliphatic rings. The topological polar surface area (TPSA) is 77.3 Å². The van der Waals surface area contributed by atoms with Gasteiger partial charge in [0.15, 0.2) is 0 Å². The van der Waals surface area contributed by atoms with Crippen LogP contribution in [0.4, 0.5) is 0 Å². The van der Waals surface area contributed by atoms with Crippen LogP contribution in [-0.4, -0.2) is 16.8 Å². The maximum Gasteiger partial charge on any atom is 0.241 e. The molecule has 0 amide bonds. The normalized spacial score (nSPS) is 12.8. The van der Waals surface area contributed by atoms with Crippen molar-refractivity contribution >= 4 is 5.76 Å². The molecule has 0 fully saturated rings. The first-order valence-corrected chi connectivity index (χ1v) is 5.82. The van der Waals surface area contributed by atoms with Gasteiger partial charge in [-0.05, 0) is 12.1 Å². The molecule has 0 radical (unpaired) electrons. The predicted molar refractivity (Wildman–Crippen MR) is 68.3 cm³/mol. The lowest BCUT2D eigenvalue weighted by Gasteiger charge is -2.07. The fourth-order valence-corrected chi connectivity index (χ4v) is 1.60. The van der Waals surface area contributed by atoms with E-state index in [2.05, 4.69) is 9.97 Å². The van der Waals surface area contributed by atoms with Gasteiger partial charge in [-0.15, -0.1) is 0 Å². The molecule has 98 valence electrons. The highest BCUT2D eigenvalue weighted by Gasteiger charge is 2.16. The Hall–Kier alpha value is -3.07. The van der Waals surface area contributed by atoms with Gasteiger partial charge in [0.2, 0.25) is 24.3 Å². The summed E-state index contributed by atoms with van der Waals surface area (Å²) < 4.78 is 15.8. The van der Waals surface area contributed by atoms with Crippen LogP contribution in [0.3, 0.4) is 0 Å². The summed E-state index contributed by atoms with van der Waals surface area (Å²) in [4.78, 5) is 8.24. The van der Waals surface area contributed by atoms with Gasteiger partial charge < -0.3 is 14.2 Å². The Kier molecular flexibility index (Phi) is 3.17. The van der Waals surface area contributed by atoms with Gasteiger partial charge in [0.1, 0.15) is 23.6 Å². The Morgan fingerprint density at radius 1 is 1.25 bits per heavy atom. The zero-order valence-electron chi connectivity index (χ0n) is 10.3. The molecule has 0 atom stereocenters. The molecule has 1 aromatic heterocycles. The van der Waals surface area contributed by atoms with Crippen LogP contribution in [0.25, 0.3) is 5.76 Å². The minimum atomic E-state index is 0.133. The zero-order chi connectivity index (χ0) is 13.8. The molecule has 0 bridgehead atoms. The molecule has 0 unspecified atom stereocenters. The molecule has 3 rings (SSSR count). The summed E-state index contributed by atoms with van der Waals surface area (Å²) in [6.07, 6.45) is 2.82. The number of rotatable bonds is 3. The largest absolute Gasteiger partial charge is 0.461 e. The molecule has 0 N–H and O–H groups in total. The number of nitriles is 1. The van der Waals surface area contributed by atoms with Crippen LogP contribution in [0.15, 0.2) is 42.8 Å². The summed E-state index contributed by atoms with van der Waals surface area (Å²) in [5.74, 6) is 1.49. The summed E-state index contributed by atoms with van der Waals surface area (Å²) >= 11 is 0. The van der Waals surface area contributed by atoms with Gasteiger partial charge in [0.25, 0.3) is 0 Å². The number of aromatic nitrogens is 2. The van der Waals surface area contributed by atoms with Crippen molar-refractivity contribution in [3.05, 3.63) is 54.2 Å². The third kappa shape index (κ3) is 2.37. The maximum absolute atomic E-state index is 9.07. The molecule has 0 spiro atoms. The van der Waals surface area contributed by atoms with Gasteiger partial charge in [0.05, 0.1) is 6.20 Å². The number of para-hydroxylation sites is 1. The monoisotopic (exact) mass is 267 g/mol. The molecule has 0 saturated heterocycles. The molecule has 2 heterocycles. The van der Waals surface area contributed by atoms with Crippen molar-refractivity contribution in [3.63, 3.8) is 0 Å². The molecule has 2 aromatic rings. The second-order valence-electron chi connectivity index (χ2n) is 3.85. The van der Waals surface area contributed by atoms with Gasteiger partial charge in [-0.25, -0.2) is 4.98 Å². The average molecular weight is 267 g/mol. The second-order valence-corrected chi connectivity index (χ2v) is 3.85. The minimum absolute atomic E-state index is 0.133. The van der Waals surface area contributed by atoms with Crippen LogP contribution < -0.4 is 4.74 Å². The first kappa shape index (κ1) is 12.0. The highest BCUT2D eigenvalue weighted by molar-refractivity contribution is 5.54. The Balaban J connectivity index is 1.95. The number of nitrogens with zero attached hydrogens (tertiary/aromatic N) is 3. The summed E-state index contributed by atoms with van der Waals surface area (Å²) in [6.45, 7) is 0.133. The molecule has 1 aliphatic heterocycles. The second kappa shape index (κ2) is 5.28. The fourth-order valence-electron chi connectivity index (χ4n) is 1.60. The van der Waals surface area contributed by atoms with E-state index >= 15 is 0 Å². The van der Waals surface area contributed by atoms with Gasteiger partial charge >= 0.3 is 0 Å². The standard InChI is InChI=1S/C14H9N3O3/c15-6-10-7-16-13(12-8-18-9-19-12)17-14(10)20-11-4-2-1-3-5-11/h1-5,7-8H,9H2. The molecule has 6 nitrogen and oxygen atoms in total. The SMILES string of the molecule is N#Cc1cnc(C2=COCO2)nc1Oc1ccccc1. The van der Waals surface area contributed by atoms with Crippen molar-refractivity contribution in [2.75, 3.05) is 6.79 Å². The van der Waals surface area contributed by atoms with Crippen molar-refractivity contribution in [2.24, 2.45) is 0 Å². The van der Waals surface area contributed by atoms with Crippen molar-refractivity contribution in [2.45, 2.75) is 0 Å². The lowest BCUT2D eigenvalue weighted by atomic mass is 10.3. The molecule has 0 saturated carbocycles. The summed E-state index contributed by atoms with van der Waals surface area (Å²) in [5.41, 5.74) is 0.247. The van der Waals surface area contributed by atoms with Gasteiger partial charge in [0, 0.05) is 0 Å². The van der Waals surface area contributed by atoms with E-state index in [1.807, 2.05) is 24.3 Å². The van der Waals surface area contributed by atoms with Crippen LogP contribution in [0, 0.1) is 11.3 Å². The number of hydrogen-bond donors (Lipinski definition) is 0. The highest BCUT2D eigenvalue weighted by atomic mass is 16.7. The lowest BCUT2D eigenvalue weighted by Crippen LogP contribution is -2.00. The predicted octanol–water partition coefficient (Wildman–Crippen LogP) is 2.44. The van der Waals surface area contributed by atoms with E-state index in [-0.39, 0.29) is 18.2 Å². The molecule has 0 aliphatic carbocycles. The molecular weight excluding hydrogens is 258 g/mol. The maximum atomic E-state index is 9.07. The van der Waals surface area contributed by atoms with E-state index in [1.54, 1.807) is 12.1 Å². The van der Waals surface area contributed by atoms with E-state index in [4.69, 9.17) is 19.5 Å². The van der Waals surface area contributed by atoms with E-state index in [9.17, 15) is 0 Å². The van der Waals surface area contributed by atoms with E-state index in [0.717, 1.165) is 0 Å². The van der Waals surface area contributed by atoms with E-state index in [0.29, 0.717) is 17.3 Å². The van der Waals surface area contributed by atoms with Gasteiger partial charge in [-0.1, -0.05) is 18.2 Å². The molecule has 20 heavy (non-hydrogen) atoms. The van der Waals surface area contributed by atoms with Crippen LogP contribution in [0.1, 0.15) is 11.4 Å². The third-order valence-corrected chi connectivity index (χ3v) is 2.53. The minimum Gasteiger partial charge on any atom is -0.461 e. The summed E-state index contributed by atoms with van der Waals surface area (Å²) in [7, 11) is 0. The highest BCUT2D eigenvalue weighted by Crippen LogP contribution is 2.25. The van der Waals surface area contributed by atoms with Crippen LogP contribution in [0.5, 0.6) is 11.6 Å². The van der Waals surface area contributed by atoms with Crippen LogP contribution in [-0.2, 0) is 9.47 Å². The van der Waals surface area contributed by atoms with Crippen LogP contribution in [0.2, 0.25) is 0 Å². The van der Waals surface area contributed by atoms with Crippen molar-refractivity contribution in [1.29, 1.82) is 5.26 Å². The van der Waals surface area contributed by atoms with Crippen LogP contribution >= 0.6 is 0 Å². The Bertz CT molecular complexity index is 693. The Morgan fingerprint density at radius 2 is 2.10 bits per heavy atom. The molecule has 1 aromatic carbocycles. The first-order valence-electron chi connectivity index (χ1n) is 5.82. The Morgan fingerprint density at radius 3 is 2.80 bits per heavy atom. The molecular formula is C14H9N3O3. The number of benzene rings is 1. The quantitative estimate of drug-likeness (QED) is 0.850. The first-order chi connectivity index (χ1) is 9.86. The molecule has 6 heteroatoms. The summed E-state index contributed by atoms with van der Waals surface area (Å²) in [6, 6.07) is 11.1. The zero-order valence-corrected chi connectivity index (χ0v) is 10.3. The van der Waals surface area contributed by atoms with Gasteiger partial charge in [-0.3, -0.25) is 0 Å². The number of ether oxygens (including phenoxy) is 3. The smallest absolute Gasteiger partial charge is 0.241 e. The average Bonchev–Trinajstić information content (AvgIpc) is 3.02. The number of hydrogen-bond acceptors (Lipinski definition) is 6. The van der Waals surface area contributed by atoms with E-state index in [1.165, 1.54) is 12.5 Å². The van der Waals surface area contributed by atoms with Crippen molar-refractivity contribution in [3.8, 4) is 17.7 Å². The van der Waals surface area contributed by atoms with E-state index < -0.39 is 0 Å². The van der Waals surface area contributed by atoms with Gasteiger partial charge in [-0.2, -0.15) is 10.2 Å². The lowest BCUT2D eigenvalue weighted by molar-refractivity contribution is 0.0999. The Labute approximate surface area is 114 Å². The van der Waals surface area contributed by atoms with Crippen molar-refractivity contribution in [1.82, 2.24) is 9.97 Å². The summed E-state index contributed by atoms with van der Waals surface area (Å²) in [5, 5.41) is 9.07. The fraction of sp³-hybridized carbons (Fsp3) is 0.0714. The van der Waals surface area contributed by atoms with Crippen molar-refractivity contribution < 1.29 is 14.2 Å².